The van der Waals surface area contributed by atoms with E-state index in [1.54, 1.807) is 6.07 Å². The van der Waals surface area contributed by atoms with Gasteiger partial charge in [-0.25, -0.2) is 14.3 Å². The molecule has 34 heavy (non-hydrogen) atoms. The number of hydrogen-bond acceptors (Lipinski definition) is 7. The fraction of sp³-hybridized carbons (Fsp3) is 0.429. The Morgan fingerprint density at radius 2 is 1.88 bits per heavy atom. The summed E-state index contributed by atoms with van der Waals surface area (Å²) in [7, 11) is 1.26. The minimum atomic E-state index is -4.46. The van der Waals surface area contributed by atoms with Crippen molar-refractivity contribution in [3.05, 3.63) is 47.4 Å². The number of fused-ring (bicyclic) bond motifs is 1. The second-order valence-electron chi connectivity index (χ2n) is 7.70. The number of carbonyl (C=O) groups excluding carboxylic acids is 2. The summed E-state index contributed by atoms with van der Waals surface area (Å²) in [6.07, 6.45) is -8.12. The van der Waals surface area contributed by atoms with Crippen LogP contribution in [0, 0.1) is 0 Å². The maximum atomic E-state index is 14.0. The summed E-state index contributed by atoms with van der Waals surface area (Å²) in [5.74, 6) is -0.638. The molecule has 0 bridgehead atoms. The Kier molecular flexibility index (Phi) is 6.41. The number of amides is 2. The van der Waals surface area contributed by atoms with Gasteiger partial charge in [-0.3, -0.25) is 4.90 Å². The molecule has 0 aliphatic carbocycles. The van der Waals surface area contributed by atoms with E-state index in [0.717, 1.165) is 12.1 Å². The molecule has 0 atom stereocenters. The summed E-state index contributed by atoms with van der Waals surface area (Å²) < 4.78 is 71.9. The Labute approximate surface area is 191 Å². The van der Waals surface area contributed by atoms with Crippen molar-refractivity contribution in [3.8, 4) is 5.75 Å². The molecular weight excluding hydrogens is 466 g/mol. The molecule has 0 unspecified atom stereocenters. The SMILES string of the molecule is COC(=O)c1ccc(CN2CCCN(C(=O)Nc3ccc4c(c3)C(F)(F)OC(F)(F)O4)CC2)o1. The number of carbonyl (C=O) groups is 2. The number of rotatable bonds is 4. The molecule has 1 aromatic heterocycles. The van der Waals surface area contributed by atoms with Gasteiger partial charge in [0.25, 0.3) is 0 Å². The monoisotopic (exact) mass is 487 g/mol. The number of ether oxygens (including phenoxy) is 3. The highest BCUT2D eigenvalue weighted by Gasteiger charge is 2.54. The van der Waals surface area contributed by atoms with Gasteiger partial charge < -0.3 is 24.1 Å². The minimum Gasteiger partial charge on any atom is -0.463 e. The predicted molar refractivity (Wildman–Crippen MR) is 108 cm³/mol. The number of halogens is 4. The van der Waals surface area contributed by atoms with E-state index < -0.39 is 35.7 Å². The van der Waals surface area contributed by atoms with Crippen molar-refractivity contribution in [1.29, 1.82) is 0 Å². The number of benzene rings is 1. The van der Waals surface area contributed by atoms with Gasteiger partial charge in [-0.1, -0.05) is 0 Å². The molecule has 2 aliphatic rings. The smallest absolute Gasteiger partial charge is 0.463 e. The van der Waals surface area contributed by atoms with Crippen LogP contribution >= 0.6 is 0 Å². The van der Waals surface area contributed by atoms with Crippen LogP contribution in [-0.2, 0) is 22.1 Å². The van der Waals surface area contributed by atoms with Crippen LogP contribution in [-0.4, -0.2) is 61.4 Å². The van der Waals surface area contributed by atoms with Gasteiger partial charge in [-0.2, -0.15) is 8.78 Å². The number of alkyl halides is 4. The van der Waals surface area contributed by atoms with Crippen LogP contribution in [0.5, 0.6) is 5.75 Å². The van der Waals surface area contributed by atoms with E-state index in [4.69, 9.17) is 4.42 Å². The van der Waals surface area contributed by atoms with E-state index in [9.17, 15) is 27.2 Å². The first-order valence-corrected chi connectivity index (χ1v) is 10.3. The number of methoxy groups -OCH3 is 1. The molecular formula is C21H21F4N3O6. The van der Waals surface area contributed by atoms with Crippen LogP contribution in [0.4, 0.5) is 28.0 Å². The summed E-state index contributed by atoms with van der Waals surface area (Å²) in [4.78, 5) is 27.8. The first-order valence-electron chi connectivity index (χ1n) is 10.3. The van der Waals surface area contributed by atoms with Gasteiger partial charge in [0.15, 0.2) is 0 Å². The van der Waals surface area contributed by atoms with E-state index in [2.05, 4.69) is 19.5 Å². The molecule has 4 rings (SSSR count). The topological polar surface area (TPSA) is 93.5 Å². The van der Waals surface area contributed by atoms with Crippen LogP contribution in [0.2, 0.25) is 0 Å². The largest absolute Gasteiger partial charge is 0.540 e. The highest BCUT2D eigenvalue weighted by molar-refractivity contribution is 5.89. The van der Waals surface area contributed by atoms with Gasteiger partial charge >= 0.3 is 24.4 Å². The van der Waals surface area contributed by atoms with Gasteiger partial charge in [0.05, 0.1) is 19.2 Å². The molecule has 0 radical (unpaired) electrons. The summed E-state index contributed by atoms with van der Waals surface area (Å²) in [5.41, 5.74) is -0.934. The number of urea groups is 1. The third kappa shape index (κ3) is 5.25. The number of anilines is 1. The molecule has 1 saturated heterocycles. The Morgan fingerprint density at radius 1 is 1.09 bits per heavy atom. The Morgan fingerprint density at radius 3 is 2.65 bits per heavy atom. The van der Waals surface area contributed by atoms with E-state index in [-0.39, 0.29) is 11.4 Å². The first kappa shape index (κ1) is 23.8. The zero-order chi connectivity index (χ0) is 24.5. The first-order chi connectivity index (χ1) is 16.1. The molecule has 1 N–H and O–H groups in total. The molecule has 13 heteroatoms. The van der Waals surface area contributed by atoms with E-state index in [1.165, 1.54) is 24.1 Å². The van der Waals surface area contributed by atoms with Crippen LogP contribution in [0.25, 0.3) is 0 Å². The molecule has 0 saturated carbocycles. The van der Waals surface area contributed by atoms with Crippen molar-refractivity contribution in [2.24, 2.45) is 0 Å². The molecule has 1 fully saturated rings. The lowest BCUT2D eigenvalue weighted by Gasteiger charge is -2.30. The summed E-state index contributed by atoms with van der Waals surface area (Å²) >= 11 is 0. The Bertz CT molecular complexity index is 1080. The third-order valence-corrected chi connectivity index (χ3v) is 5.32. The fourth-order valence-corrected chi connectivity index (χ4v) is 3.71. The lowest BCUT2D eigenvalue weighted by atomic mass is 10.1. The Hall–Kier alpha value is -3.32. The molecule has 3 heterocycles. The molecule has 1 aromatic carbocycles. The van der Waals surface area contributed by atoms with Gasteiger partial charge in [0.1, 0.15) is 11.5 Å². The quantitative estimate of drug-likeness (QED) is 0.518. The molecule has 2 aliphatic heterocycles. The molecule has 2 amide bonds. The van der Waals surface area contributed by atoms with Crippen molar-refractivity contribution in [1.82, 2.24) is 9.80 Å². The molecule has 9 nitrogen and oxygen atoms in total. The zero-order valence-electron chi connectivity index (χ0n) is 18.0. The predicted octanol–water partition coefficient (Wildman–Crippen LogP) is 3.81. The summed E-state index contributed by atoms with van der Waals surface area (Å²) in [6, 6.07) is 5.62. The summed E-state index contributed by atoms with van der Waals surface area (Å²) in [6.45, 7) is 2.34. The summed E-state index contributed by atoms with van der Waals surface area (Å²) in [5, 5.41) is 2.50. The van der Waals surface area contributed by atoms with E-state index in [1.807, 2.05) is 4.90 Å². The van der Waals surface area contributed by atoms with Crippen LogP contribution in [0.1, 0.15) is 28.3 Å². The van der Waals surface area contributed by atoms with Crippen molar-refractivity contribution >= 4 is 17.7 Å². The third-order valence-electron chi connectivity index (χ3n) is 5.32. The van der Waals surface area contributed by atoms with Crippen molar-refractivity contribution in [3.63, 3.8) is 0 Å². The normalized spacial score (nSPS) is 19.5. The fourth-order valence-electron chi connectivity index (χ4n) is 3.71. The highest BCUT2D eigenvalue weighted by Crippen LogP contribution is 2.46. The number of esters is 1. The molecule has 2 aromatic rings. The van der Waals surface area contributed by atoms with E-state index >= 15 is 0 Å². The van der Waals surface area contributed by atoms with Crippen LogP contribution in [0.15, 0.2) is 34.7 Å². The second kappa shape index (κ2) is 9.14. The van der Waals surface area contributed by atoms with Crippen LogP contribution in [0.3, 0.4) is 0 Å². The highest BCUT2D eigenvalue weighted by atomic mass is 19.3. The number of nitrogens with one attached hydrogen (secondary N) is 1. The van der Waals surface area contributed by atoms with Gasteiger partial charge in [-0.05, 0) is 36.8 Å². The standard InChI is InChI=1S/C21H21F4N3O6/c1-31-18(29)17-6-4-14(32-17)12-27-7-2-8-28(10-9-27)19(30)26-13-3-5-16-15(11-13)20(22,23)34-21(24,25)33-16/h3-6,11H,2,7-10,12H2,1H3,(H,26,30). The van der Waals surface area contributed by atoms with Crippen LogP contribution < -0.4 is 10.1 Å². The average Bonchev–Trinajstić information content (AvgIpc) is 3.10. The maximum Gasteiger partial charge on any atom is 0.540 e. The number of furan rings is 1. The van der Waals surface area contributed by atoms with Gasteiger partial charge in [-0.15, -0.1) is 8.78 Å². The minimum absolute atomic E-state index is 0.0205. The van der Waals surface area contributed by atoms with Crippen molar-refractivity contribution in [2.45, 2.75) is 25.4 Å². The van der Waals surface area contributed by atoms with Crippen molar-refractivity contribution in [2.75, 3.05) is 38.6 Å². The van der Waals surface area contributed by atoms with Crippen molar-refractivity contribution < 1.29 is 45.8 Å². The number of nitrogens with zero attached hydrogens (tertiary/aromatic N) is 2. The maximum absolute atomic E-state index is 14.0. The molecule has 184 valence electrons. The second-order valence-corrected chi connectivity index (χ2v) is 7.70. The zero-order valence-corrected chi connectivity index (χ0v) is 18.0. The lowest BCUT2D eigenvalue weighted by molar-refractivity contribution is -0.461. The molecule has 0 spiro atoms. The average molecular weight is 487 g/mol. The lowest BCUT2D eigenvalue weighted by Crippen LogP contribution is -2.41. The number of hydrogen-bond donors (Lipinski definition) is 1. The Balaban J connectivity index is 1.36. The van der Waals surface area contributed by atoms with Gasteiger partial charge in [0, 0.05) is 31.9 Å². The van der Waals surface area contributed by atoms with Gasteiger partial charge in [0.2, 0.25) is 5.76 Å². The van der Waals surface area contributed by atoms with E-state index in [0.29, 0.717) is 44.9 Å².